The third-order valence-electron chi connectivity index (χ3n) is 3.97. The molecule has 0 bridgehead atoms. The predicted octanol–water partition coefficient (Wildman–Crippen LogP) is 2.07. The van der Waals surface area contributed by atoms with E-state index in [1.54, 1.807) is 55.5 Å². The van der Waals surface area contributed by atoms with Crippen LogP contribution < -0.4 is 21.3 Å². The molecule has 0 saturated heterocycles. The molecule has 0 saturated carbocycles. The quantitative estimate of drug-likeness (QED) is 0.502. The molecule has 8 nitrogen and oxygen atoms in total. The van der Waals surface area contributed by atoms with Gasteiger partial charge >= 0.3 is 6.03 Å². The van der Waals surface area contributed by atoms with E-state index in [4.69, 9.17) is 10.5 Å². The minimum Gasteiger partial charge on any atom is -0.495 e. The van der Waals surface area contributed by atoms with Crippen LogP contribution in [0.15, 0.2) is 58.5 Å². The number of carbonyl (C=O) groups is 2. The third-order valence-corrected chi connectivity index (χ3v) is 5.02. The van der Waals surface area contributed by atoms with Crippen molar-refractivity contribution in [3.05, 3.63) is 58.9 Å². The molecule has 3 aromatic rings. The van der Waals surface area contributed by atoms with Gasteiger partial charge in [0.25, 0.3) is 5.56 Å². The number of fused-ring (bicyclic) bond motifs is 1. The SMILES string of the molecule is COc1ccccc1-n1c(S[C@@H](C)C(=O)NC(N)=O)nc2ccccc2c1=O. The number of benzene rings is 2. The second-order valence-electron chi connectivity index (χ2n) is 5.84. The van der Waals surface area contributed by atoms with E-state index in [2.05, 4.69) is 4.98 Å². The summed E-state index contributed by atoms with van der Waals surface area (Å²) in [6, 6.07) is 13.0. The number of amides is 3. The van der Waals surface area contributed by atoms with Gasteiger partial charge < -0.3 is 10.5 Å². The first-order chi connectivity index (χ1) is 13.4. The van der Waals surface area contributed by atoms with Gasteiger partial charge in [-0.3, -0.25) is 19.5 Å². The number of hydrogen-bond donors (Lipinski definition) is 2. The molecular formula is C19H18N4O4S. The summed E-state index contributed by atoms with van der Waals surface area (Å²) in [7, 11) is 1.51. The van der Waals surface area contributed by atoms with Crippen LogP contribution in [0.2, 0.25) is 0 Å². The summed E-state index contributed by atoms with van der Waals surface area (Å²) in [6.07, 6.45) is 0. The Bertz CT molecular complexity index is 1110. The first kappa shape index (κ1) is 19.4. The third kappa shape index (κ3) is 3.84. The van der Waals surface area contributed by atoms with Crippen LogP contribution in [0.1, 0.15) is 6.92 Å². The fourth-order valence-electron chi connectivity index (χ4n) is 2.65. The largest absolute Gasteiger partial charge is 0.495 e. The van der Waals surface area contributed by atoms with Crippen LogP contribution >= 0.6 is 11.8 Å². The number of nitrogens with two attached hydrogens (primary N) is 1. The Morgan fingerprint density at radius 1 is 1.18 bits per heavy atom. The van der Waals surface area contributed by atoms with Crippen molar-refractivity contribution in [3.8, 4) is 11.4 Å². The Labute approximate surface area is 164 Å². The number of imide groups is 1. The number of methoxy groups -OCH3 is 1. The zero-order valence-electron chi connectivity index (χ0n) is 15.2. The predicted molar refractivity (Wildman–Crippen MR) is 107 cm³/mol. The average Bonchev–Trinajstić information content (AvgIpc) is 2.68. The Balaban J connectivity index is 2.19. The number of nitrogens with zero attached hydrogens (tertiary/aromatic N) is 2. The van der Waals surface area contributed by atoms with Crippen molar-refractivity contribution >= 4 is 34.6 Å². The number of rotatable bonds is 5. The van der Waals surface area contributed by atoms with Crippen molar-refractivity contribution in [2.75, 3.05) is 7.11 Å². The lowest BCUT2D eigenvalue weighted by Crippen LogP contribution is -2.39. The monoisotopic (exact) mass is 398 g/mol. The molecule has 0 spiro atoms. The molecule has 0 fully saturated rings. The molecule has 0 aliphatic heterocycles. The molecule has 1 aromatic heterocycles. The van der Waals surface area contributed by atoms with Gasteiger partial charge in [-0.2, -0.15) is 0 Å². The topological polar surface area (TPSA) is 116 Å². The van der Waals surface area contributed by atoms with E-state index in [-0.39, 0.29) is 5.56 Å². The molecule has 3 amide bonds. The number of ether oxygens (including phenoxy) is 1. The molecule has 3 rings (SSSR count). The van der Waals surface area contributed by atoms with Gasteiger partial charge in [-0.25, -0.2) is 9.78 Å². The Kier molecular flexibility index (Phi) is 5.65. The zero-order chi connectivity index (χ0) is 20.3. The number of primary amides is 1. The molecule has 1 atom stereocenters. The van der Waals surface area contributed by atoms with Gasteiger partial charge in [0, 0.05) is 0 Å². The number of carbonyl (C=O) groups excluding carboxylic acids is 2. The molecule has 0 aliphatic rings. The minimum atomic E-state index is -0.939. The van der Waals surface area contributed by atoms with Gasteiger partial charge in [-0.05, 0) is 31.2 Å². The fraction of sp³-hybridized carbons (Fsp3) is 0.158. The summed E-state index contributed by atoms with van der Waals surface area (Å²) in [6.45, 7) is 1.59. The van der Waals surface area contributed by atoms with Crippen molar-refractivity contribution in [1.82, 2.24) is 14.9 Å². The average molecular weight is 398 g/mol. The maximum atomic E-state index is 13.2. The second-order valence-corrected chi connectivity index (χ2v) is 7.15. The highest BCUT2D eigenvalue weighted by molar-refractivity contribution is 8.00. The van der Waals surface area contributed by atoms with Crippen molar-refractivity contribution in [1.29, 1.82) is 0 Å². The molecule has 0 radical (unpaired) electrons. The van der Waals surface area contributed by atoms with Gasteiger partial charge in [-0.1, -0.05) is 36.0 Å². The van der Waals surface area contributed by atoms with Crippen LogP contribution in [0.25, 0.3) is 16.6 Å². The van der Waals surface area contributed by atoms with E-state index < -0.39 is 17.2 Å². The summed E-state index contributed by atoms with van der Waals surface area (Å²) >= 11 is 1.04. The number of aromatic nitrogens is 2. The number of nitrogens with one attached hydrogen (secondary N) is 1. The first-order valence-electron chi connectivity index (χ1n) is 8.34. The Morgan fingerprint density at radius 3 is 2.57 bits per heavy atom. The van der Waals surface area contributed by atoms with Crippen LogP contribution in [0, 0.1) is 0 Å². The van der Waals surface area contributed by atoms with Gasteiger partial charge in [0.1, 0.15) is 5.75 Å². The highest BCUT2D eigenvalue weighted by atomic mass is 32.2. The molecule has 2 aromatic carbocycles. The van der Waals surface area contributed by atoms with Crippen LogP contribution in [-0.2, 0) is 4.79 Å². The first-order valence-corrected chi connectivity index (χ1v) is 9.22. The van der Waals surface area contributed by atoms with Crippen molar-refractivity contribution in [2.45, 2.75) is 17.3 Å². The molecule has 9 heteroatoms. The molecule has 28 heavy (non-hydrogen) atoms. The number of para-hydroxylation sites is 3. The van der Waals surface area contributed by atoms with E-state index in [1.807, 2.05) is 5.32 Å². The maximum Gasteiger partial charge on any atom is 0.318 e. The van der Waals surface area contributed by atoms with Crippen LogP contribution in [0.5, 0.6) is 5.75 Å². The van der Waals surface area contributed by atoms with E-state index in [0.29, 0.717) is 27.5 Å². The molecule has 0 unspecified atom stereocenters. The normalized spacial score (nSPS) is 11.8. The lowest BCUT2D eigenvalue weighted by Gasteiger charge is -2.17. The van der Waals surface area contributed by atoms with Crippen LogP contribution in [0.4, 0.5) is 4.79 Å². The standard InChI is InChI=1S/C19H18N4O4S/c1-11(16(24)22-18(20)26)28-19-21-13-8-4-3-7-12(13)17(25)23(19)14-9-5-6-10-15(14)27-2/h3-11H,1-2H3,(H3,20,22,24,26)/t11-/m0/s1. The van der Waals surface area contributed by atoms with E-state index in [9.17, 15) is 14.4 Å². The minimum absolute atomic E-state index is 0.292. The summed E-state index contributed by atoms with van der Waals surface area (Å²) in [5, 5.41) is 2.04. The molecule has 3 N–H and O–H groups in total. The number of thioether (sulfide) groups is 1. The number of hydrogen-bond acceptors (Lipinski definition) is 6. The molecule has 0 aliphatic carbocycles. The molecular weight excluding hydrogens is 380 g/mol. The molecule has 144 valence electrons. The Morgan fingerprint density at radius 2 is 1.86 bits per heavy atom. The highest BCUT2D eigenvalue weighted by Crippen LogP contribution is 2.29. The van der Waals surface area contributed by atoms with Crippen LogP contribution in [0.3, 0.4) is 0 Å². The fourth-order valence-corrected chi connectivity index (χ4v) is 3.57. The van der Waals surface area contributed by atoms with E-state index in [1.165, 1.54) is 11.7 Å². The smallest absolute Gasteiger partial charge is 0.318 e. The lowest BCUT2D eigenvalue weighted by molar-refractivity contribution is -0.119. The summed E-state index contributed by atoms with van der Waals surface area (Å²) in [5.41, 5.74) is 5.72. The van der Waals surface area contributed by atoms with Gasteiger partial charge in [0.05, 0.1) is 29.0 Å². The van der Waals surface area contributed by atoms with Gasteiger partial charge in [0.2, 0.25) is 5.91 Å². The second kappa shape index (κ2) is 8.13. The summed E-state index contributed by atoms with van der Waals surface area (Å²) < 4.78 is 6.79. The van der Waals surface area contributed by atoms with Gasteiger partial charge in [0.15, 0.2) is 5.16 Å². The van der Waals surface area contributed by atoms with Crippen molar-refractivity contribution in [3.63, 3.8) is 0 Å². The van der Waals surface area contributed by atoms with Gasteiger partial charge in [-0.15, -0.1) is 0 Å². The summed E-state index contributed by atoms with van der Waals surface area (Å²) in [4.78, 5) is 40.9. The summed E-state index contributed by atoms with van der Waals surface area (Å²) in [5.74, 6) is -0.0933. The van der Waals surface area contributed by atoms with Crippen molar-refractivity contribution in [2.24, 2.45) is 5.73 Å². The van der Waals surface area contributed by atoms with E-state index >= 15 is 0 Å². The Hall–Kier alpha value is -3.33. The van der Waals surface area contributed by atoms with E-state index in [0.717, 1.165) is 11.8 Å². The highest BCUT2D eigenvalue weighted by Gasteiger charge is 2.22. The van der Waals surface area contributed by atoms with Crippen LogP contribution in [-0.4, -0.2) is 33.8 Å². The zero-order valence-corrected chi connectivity index (χ0v) is 16.0. The number of urea groups is 1. The maximum absolute atomic E-state index is 13.2. The lowest BCUT2D eigenvalue weighted by atomic mass is 10.2. The van der Waals surface area contributed by atoms with Crippen molar-refractivity contribution < 1.29 is 14.3 Å². The molecule has 1 heterocycles.